The lowest BCUT2D eigenvalue weighted by Gasteiger charge is -2.39. The first-order valence-corrected chi connectivity index (χ1v) is 5.90. The Morgan fingerprint density at radius 1 is 1.60 bits per heavy atom. The maximum atomic E-state index is 11.1. The Balaban J connectivity index is 2.64. The Hall–Kier alpha value is -0.610. The molecule has 1 saturated heterocycles. The van der Waals surface area contributed by atoms with Crippen LogP contribution in [0.25, 0.3) is 0 Å². The largest absolute Gasteiger partial charge is 0.480 e. The molecule has 0 spiro atoms. The summed E-state index contributed by atoms with van der Waals surface area (Å²) in [6, 6.07) is 0.0912. The number of piperazine rings is 1. The summed E-state index contributed by atoms with van der Waals surface area (Å²) in [5, 5.41) is 12.3. The van der Waals surface area contributed by atoms with E-state index >= 15 is 0 Å². The molecule has 4 nitrogen and oxygen atoms in total. The van der Waals surface area contributed by atoms with E-state index in [1.165, 1.54) is 0 Å². The normalized spacial score (nSPS) is 25.1. The van der Waals surface area contributed by atoms with Gasteiger partial charge in [-0.15, -0.1) is 0 Å². The van der Waals surface area contributed by atoms with E-state index in [9.17, 15) is 4.79 Å². The Bertz CT molecular complexity index is 209. The minimum Gasteiger partial charge on any atom is -0.480 e. The molecule has 2 unspecified atom stereocenters. The second-order valence-electron chi connectivity index (χ2n) is 4.15. The van der Waals surface area contributed by atoms with Gasteiger partial charge in [0.1, 0.15) is 6.04 Å². The lowest BCUT2D eigenvalue weighted by molar-refractivity contribution is -0.145. The second kappa shape index (κ2) is 6.08. The molecule has 0 aromatic carbocycles. The van der Waals surface area contributed by atoms with E-state index in [1.807, 2.05) is 0 Å². The van der Waals surface area contributed by atoms with Crippen molar-refractivity contribution in [1.82, 2.24) is 10.2 Å². The number of aliphatic carboxylic acids is 1. The minimum atomic E-state index is -0.697. The van der Waals surface area contributed by atoms with Gasteiger partial charge in [0.15, 0.2) is 0 Å². The lowest BCUT2D eigenvalue weighted by Crippen LogP contribution is -2.58. The van der Waals surface area contributed by atoms with Crippen LogP contribution >= 0.6 is 0 Å². The molecule has 1 fully saturated rings. The first-order valence-electron chi connectivity index (χ1n) is 5.90. The summed E-state index contributed by atoms with van der Waals surface area (Å²) in [5.41, 5.74) is 0. The molecule has 4 heteroatoms. The highest BCUT2D eigenvalue weighted by molar-refractivity contribution is 5.74. The molecule has 2 N–H and O–H groups in total. The van der Waals surface area contributed by atoms with Crippen LogP contribution in [0.3, 0.4) is 0 Å². The maximum Gasteiger partial charge on any atom is 0.322 e. The van der Waals surface area contributed by atoms with Crippen molar-refractivity contribution in [1.29, 1.82) is 0 Å². The maximum absolute atomic E-state index is 11.1. The molecular weight excluding hydrogens is 192 g/mol. The van der Waals surface area contributed by atoms with Gasteiger partial charge in [-0.2, -0.15) is 0 Å². The van der Waals surface area contributed by atoms with Gasteiger partial charge in [-0.05, 0) is 12.8 Å². The zero-order valence-corrected chi connectivity index (χ0v) is 9.70. The fourth-order valence-electron chi connectivity index (χ4n) is 2.32. The van der Waals surface area contributed by atoms with Crippen LogP contribution in [0.4, 0.5) is 0 Å². The second-order valence-corrected chi connectivity index (χ2v) is 4.15. The molecule has 15 heavy (non-hydrogen) atoms. The molecule has 0 aromatic heterocycles. The van der Waals surface area contributed by atoms with Crippen LogP contribution in [0.5, 0.6) is 0 Å². The summed E-state index contributed by atoms with van der Waals surface area (Å²) < 4.78 is 0. The van der Waals surface area contributed by atoms with Gasteiger partial charge >= 0.3 is 5.97 Å². The summed E-state index contributed by atoms with van der Waals surface area (Å²) in [6.45, 7) is 6.64. The van der Waals surface area contributed by atoms with Gasteiger partial charge in [-0.3, -0.25) is 9.69 Å². The molecule has 0 aromatic rings. The summed E-state index contributed by atoms with van der Waals surface area (Å²) >= 11 is 0. The number of rotatable bonds is 5. The summed E-state index contributed by atoms with van der Waals surface area (Å²) in [6.07, 6.45) is 3.26. The monoisotopic (exact) mass is 214 g/mol. The topological polar surface area (TPSA) is 52.6 Å². The highest BCUT2D eigenvalue weighted by Gasteiger charge is 2.31. The summed E-state index contributed by atoms with van der Waals surface area (Å²) in [7, 11) is 0. The quantitative estimate of drug-likeness (QED) is 0.714. The van der Waals surface area contributed by atoms with Gasteiger partial charge in [0.05, 0.1) is 0 Å². The lowest BCUT2D eigenvalue weighted by atomic mass is 10.0. The minimum absolute atomic E-state index is 0.338. The van der Waals surface area contributed by atoms with Crippen molar-refractivity contribution in [3.05, 3.63) is 0 Å². The molecule has 0 saturated carbocycles. The van der Waals surface area contributed by atoms with Gasteiger partial charge in [0.2, 0.25) is 0 Å². The van der Waals surface area contributed by atoms with Gasteiger partial charge in [-0.1, -0.05) is 20.3 Å². The number of carbonyl (C=O) groups is 1. The smallest absolute Gasteiger partial charge is 0.322 e. The molecule has 0 amide bonds. The first-order chi connectivity index (χ1) is 7.20. The van der Waals surface area contributed by atoms with Gasteiger partial charge < -0.3 is 10.4 Å². The highest BCUT2D eigenvalue weighted by atomic mass is 16.4. The molecular formula is C11H22N2O2. The molecule has 1 aliphatic heterocycles. The van der Waals surface area contributed by atoms with Crippen LogP contribution in [-0.2, 0) is 4.79 Å². The summed E-state index contributed by atoms with van der Waals surface area (Å²) in [5.74, 6) is -0.697. The number of carboxylic acids is 1. The van der Waals surface area contributed by atoms with Crippen LogP contribution < -0.4 is 5.32 Å². The molecule has 1 rings (SSSR count). The Morgan fingerprint density at radius 3 is 2.87 bits per heavy atom. The third-order valence-corrected chi connectivity index (χ3v) is 3.13. The van der Waals surface area contributed by atoms with Crippen LogP contribution in [0.15, 0.2) is 0 Å². The SMILES string of the molecule is CCCC(CC)N1CCNCC1C(=O)O. The fraction of sp³-hybridized carbons (Fsp3) is 0.909. The Kier molecular flexibility index (Phi) is 5.05. The van der Waals surface area contributed by atoms with Gasteiger partial charge in [-0.25, -0.2) is 0 Å². The van der Waals surface area contributed by atoms with E-state index in [2.05, 4.69) is 24.1 Å². The standard InChI is InChI=1S/C11H22N2O2/c1-3-5-9(4-2)13-7-6-12-8-10(13)11(14)15/h9-10,12H,3-8H2,1-2H3,(H,14,15). The average molecular weight is 214 g/mol. The van der Waals surface area contributed by atoms with E-state index in [0.717, 1.165) is 32.4 Å². The van der Waals surface area contributed by atoms with Crippen molar-refractivity contribution in [2.75, 3.05) is 19.6 Å². The van der Waals surface area contributed by atoms with Gasteiger partial charge in [0.25, 0.3) is 0 Å². The molecule has 1 aliphatic rings. The van der Waals surface area contributed by atoms with Crippen molar-refractivity contribution in [2.45, 2.75) is 45.2 Å². The zero-order chi connectivity index (χ0) is 11.3. The van der Waals surface area contributed by atoms with Crippen molar-refractivity contribution in [3.8, 4) is 0 Å². The van der Waals surface area contributed by atoms with Gasteiger partial charge in [0, 0.05) is 25.7 Å². The molecule has 0 aliphatic carbocycles. The molecule has 1 heterocycles. The third-order valence-electron chi connectivity index (χ3n) is 3.13. The predicted octanol–water partition coefficient (Wildman–Crippen LogP) is 0.923. The van der Waals surface area contributed by atoms with Crippen LogP contribution in [-0.4, -0.2) is 47.7 Å². The summed E-state index contributed by atoms with van der Waals surface area (Å²) in [4.78, 5) is 13.3. The molecule has 0 radical (unpaired) electrons. The van der Waals surface area contributed by atoms with Crippen molar-refractivity contribution >= 4 is 5.97 Å². The van der Waals surface area contributed by atoms with Crippen molar-refractivity contribution in [2.24, 2.45) is 0 Å². The number of nitrogens with one attached hydrogen (secondary N) is 1. The zero-order valence-electron chi connectivity index (χ0n) is 9.70. The van der Waals surface area contributed by atoms with Crippen LogP contribution in [0.2, 0.25) is 0 Å². The molecule has 2 atom stereocenters. The fourth-order valence-corrected chi connectivity index (χ4v) is 2.32. The van der Waals surface area contributed by atoms with Crippen LogP contribution in [0.1, 0.15) is 33.1 Å². The van der Waals surface area contributed by atoms with E-state index in [1.54, 1.807) is 0 Å². The number of hydrogen-bond acceptors (Lipinski definition) is 3. The Morgan fingerprint density at radius 2 is 2.33 bits per heavy atom. The van der Waals surface area contributed by atoms with Crippen LogP contribution in [0, 0.1) is 0 Å². The Labute approximate surface area is 91.6 Å². The highest BCUT2D eigenvalue weighted by Crippen LogP contribution is 2.16. The third kappa shape index (κ3) is 3.18. The van der Waals surface area contributed by atoms with E-state index < -0.39 is 5.97 Å². The van der Waals surface area contributed by atoms with E-state index in [-0.39, 0.29) is 6.04 Å². The predicted molar refractivity (Wildman–Crippen MR) is 60.0 cm³/mol. The number of nitrogens with zero attached hydrogens (tertiary/aromatic N) is 1. The average Bonchev–Trinajstić information content (AvgIpc) is 2.26. The molecule has 0 bridgehead atoms. The van der Waals surface area contributed by atoms with E-state index in [0.29, 0.717) is 12.6 Å². The molecule has 88 valence electrons. The van der Waals surface area contributed by atoms with Crippen molar-refractivity contribution in [3.63, 3.8) is 0 Å². The van der Waals surface area contributed by atoms with E-state index in [4.69, 9.17) is 5.11 Å². The van der Waals surface area contributed by atoms with Crippen molar-refractivity contribution < 1.29 is 9.90 Å². The number of carboxylic acid groups (broad SMARTS) is 1. The first kappa shape index (κ1) is 12.5. The number of hydrogen-bond donors (Lipinski definition) is 2.